The zero-order chi connectivity index (χ0) is 17.0. The summed E-state index contributed by atoms with van der Waals surface area (Å²) in [6, 6.07) is 0. The number of hydrogen-bond acceptors (Lipinski definition) is 0. The summed E-state index contributed by atoms with van der Waals surface area (Å²) in [5.74, 6) is 0. The van der Waals surface area contributed by atoms with Crippen molar-refractivity contribution in [2.45, 2.75) is 116 Å². The first-order valence-corrected chi connectivity index (χ1v) is 11.0. The van der Waals surface area contributed by atoms with E-state index in [0.717, 1.165) is 0 Å². The van der Waals surface area contributed by atoms with Crippen molar-refractivity contribution in [1.82, 2.24) is 0 Å². The smallest absolute Gasteiger partial charge is 0.0313 e. The fourth-order valence-corrected chi connectivity index (χ4v) is 3.42. The topological polar surface area (TPSA) is 0 Å². The molecule has 0 spiro atoms. The van der Waals surface area contributed by atoms with Crippen molar-refractivity contribution < 1.29 is 0 Å². The minimum Gasteiger partial charge on any atom is -0.0885 e. The molecule has 0 aromatic rings. The Bertz CT molecular complexity index is 321. The summed E-state index contributed by atoms with van der Waals surface area (Å²) >= 11 is 0. The van der Waals surface area contributed by atoms with Crippen molar-refractivity contribution in [2.24, 2.45) is 0 Å². The van der Waals surface area contributed by atoms with Crippen LogP contribution in [0.15, 0.2) is 36.5 Å². The van der Waals surface area contributed by atoms with E-state index in [1.165, 1.54) is 116 Å². The van der Waals surface area contributed by atoms with Crippen molar-refractivity contribution in [3.63, 3.8) is 0 Å². The third-order valence-corrected chi connectivity index (χ3v) is 5.04. The zero-order valence-corrected chi connectivity index (χ0v) is 16.2. The van der Waals surface area contributed by atoms with E-state index >= 15 is 0 Å². The van der Waals surface area contributed by atoms with Gasteiger partial charge in [0.2, 0.25) is 0 Å². The van der Waals surface area contributed by atoms with E-state index in [-0.39, 0.29) is 0 Å². The maximum Gasteiger partial charge on any atom is -0.0313 e. The van der Waals surface area contributed by atoms with Crippen molar-refractivity contribution in [3.05, 3.63) is 36.5 Å². The molecule has 0 aromatic carbocycles. The summed E-state index contributed by atoms with van der Waals surface area (Å²) in [7, 11) is 0. The SMILES string of the molecule is C1=CCCC=CCCCCCCCCCCCCCCCCC=C1. The summed E-state index contributed by atoms with van der Waals surface area (Å²) in [5, 5.41) is 0. The molecule has 0 unspecified atom stereocenters. The van der Waals surface area contributed by atoms with Gasteiger partial charge >= 0.3 is 0 Å². The molecule has 0 atom stereocenters. The first-order valence-electron chi connectivity index (χ1n) is 11.0. The lowest BCUT2D eigenvalue weighted by molar-refractivity contribution is 0.534. The third kappa shape index (κ3) is 16.1. The van der Waals surface area contributed by atoms with Crippen molar-refractivity contribution >= 4 is 0 Å². The molecular weight excluding hydrogens is 288 g/mol. The van der Waals surface area contributed by atoms with Gasteiger partial charge in [-0.25, -0.2) is 0 Å². The highest BCUT2D eigenvalue weighted by Crippen LogP contribution is 2.14. The van der Waals surface area contributed by atoms with E-state index in [1.54, 1.807) is 0 Å². The Morgan fingerprint density at radius 2 is 0.542 bits per heavy atom. The average molecular weight is 331 g/mol. The Balaban J connectivity index is 2.14. The minimum absolute atomic E-state index is 1.18. The predicted octanol–water partition coefficient (Wildman–Crippen LogP) is 8.69. The third-order valence-electron chi connectivity index (χ3n) is 5.04. The molecule has 138 valence electrons. The summed E-state index contributed by atoms with van der Waals surface area (Å²) in [6.45, 7) is 0. The van der Waals surface area contributed by atoms with Crippen LogP contribution in [-0.2, 0) is 0 Å². The molecule has 0 saturated carbocycles. The molecule has 0 amide bonds. The van der Waals surface area contributed by atoms with Gasteiger partial charge in [-0.15, -0.1) is 0 Å². The van der Waals surface area contributed by atoms with E-state index in [0.29, 0.717) is 0 Å². The molecule has 0 bridgehead atoms. The fourth-order valence-electron chi connectivity index (χ4n) is 3.42. The van der Waals surface area contributed by atoms with E-state index in [2.05, 4.69) is 36.5 Å². The summed E-state index contributed by atoms with van der Waals surface area (Å²) < 4.78 is 0. The van der Waals surface area contributed by atoms with Gasteiger partial charge < -0.3 is 0 Å². The van der Waals surface area contributed by atoms with Gasteiger partial charge in [-0.1, -0.05) is 114 Å². The van der Waals surface area contributed by atoms with Gasteiger partial charge in [0.15, 0.2) is 0 Å². The number of hydrogen-bond donors (Lipinski definition) is 0. The van der Waals surface area contributed by atoms with Crippen LogP contribution in [-0.4, -0.2) is 0 Å². The number of rotatable bonds is 0. The lowest BCUT2D eigenvalue weighted by atomic mass is 10.0. The van der Waals surface area contributed by atoms with Crippen LogP contribution in [0.25, 0.3) is 0 Å². The molecule has 0 nitrogen and oxygen atoms in total. The van der Waals surface area contributed by atoms with Crippen LogP contribution in [0.3, 0.4) is 0 Å². The average Bonchev–Trinajstić information content (AvgIpc) is 2.59. The van der Waals surface area contributed by atoms with Gasteiger partial charge in [-0.3, -0.25) is 0 Å². The highest BCUT2D eigenvalue weighted by atomic mass is 14.0. The Kier molecular flexibility index (Phi) is 16.4. The fraction of sp³-hybridized carbons (Fsp3) is 0.750. The van der Waals surface area contributed by atoms with Gasteiger partial charge in [0.25, 0.3) is 0 Å². The highest BCUT2D eigenvalue weighted by molar-refractivity contribution is 5.02. The second-order valence-electron chi connectivity index (χ2n) is 7.43. The monoisotopic (exact) mass is 330 g/mol. The Hall–Kier alpha value is -0.780. The molecule has 1 aliphatic carbocycles. The molecule has 0 radical (unpaired) electrons. The second kappa shape index (κ2) is 18.6. The Morgan fingerprint density at radius 3 is 1.04 bits per heavy atom. The summed E-state index contributed by atoms with van der Waals surface area (Å²) in [6.07, 6.45) is 39.0. The molecule has 0 heteroatoms. The van der Waals surface area contributed by atoms with Gasteiger partial charge in [0, 0.05) is 0 Å². The van der Waals surface area contributed by atoms with Crippen molar-refractivity contribution in [3.8, 4) is 0 Å². The van der Waals surface area contributed by atoms with Crippen LogP contribution in [0.5, 0.6) is 0 Å². The second-order valence-corrected chi connectivity index (χ2v) is 7.43. The minimum atomic E-state index is 1.18. The van der Waals surface area contributed by atoms with Crippen LogP contribution in [0, 0.1) is 0 Å². The van der Waals surface area contributed by atoms with Gasteiger partial charge in [0.1, 0.15) is 0 Å². The largest absolute Gasteiger partial charge is 0.0885 e. The van der Waals surface area contributed by atoms with Crippen LogP contribution in [0.1, 0.15) is 116 Å². The normalized spacial score (nSPS) is 22.0. The van der Waals surface area contributed by atoms with Crippen molar-refractivity contribution in [1.29, 1.82) is 0 Å². The van der Waals surface area contributed by atoms with Crippen LogP contribution in [0.4, 0.5) is 0 Å². The van der Waals surface area contributed by atoms with Crippen LogP contribution < -0.4 is 0 Å². The number of allylic oxidation sites excluding steroid dienone is 6. The van der Waals surface area contributed by atoms with Crippen molar-refractivity contribution in [2.75, 3.05) is 0 Å². The first-order chi connectivity index (χ1) is 12.0. The maximum absolute atomic E-state index is 2.39. The molecule has 0 fully saturated rings. The van der Waals surface area contributed by atoms with Gasteiger partial charge in [-0.05, 0) is 38.5 Å². The van der Waals surface area contributed by atoms with Crippen LogP contribution in [0.2, 0.25) is 0 Å². The molecule has 1 aliphatic rings. The molecule has 0 saturated heterocycles. The highest BCUT2D eigenvalue weighted by Gasteiger charge is 1.94. The molecule has 0 aromatic heterocycles. The van der Waals surface area contributed by atoms with Gasteiger partial charge in [-0.2, -0.15) is 0 Å². The maximum atomic E-state index is 2.39. The zero-order valence-electron chi connectivity index (χ0n) is 16.2. The summed E-state index contributed by atoms with van der Waals surface area (Å²) in [5.41, 5.74) is 0. The quantitative estimate of drug-likeness (QED) is 0.390. The van der Waals surface area contributed by atoms with E-state index < -0.39 is 0 Å². The first kappa shape index (κ1) is 21.3. The Labute approximate surface area is 152 Å². The molecule has 0 heterocycles. The predicted molar refractivity (Wildman–Crippen MR) is 111 cm³/mol. The lowest BCUT2D eigenvalue weighted by Crippen LogP contribution is -1.83. The molecule has 0 N–H and O–H groups in total. The summed E-state index contributed by atoms with van der Waals surface area (Å²) in [4.78, 5) is 0. The molecule has 24 heavy (non-hydrogen) atoms. The van der Waals surface area contributed by atoms with Crippen LogP contribution >= 0.6 is 0 Å². The van der Waals surface area contributed by atoms with E-state index in [9.17, 15) is 0 Å². The molecular formula is C24H42. The van der Waals surface area contributed by atoms with E-state index in [4.69, 9.17) is 0 Å². The lowest BCUT2D eigenvalue weighted by Gasteiger charge is -2.03. The molecule has 1 rings (SSSR count). The molecule has 0 aliphatic heterocycles. The Morgan fingerprint density at radius 1 is 0.250 bits per heavy atom. The van der Waals surface area contributed by atoms with Gasteiger partial charge in [0.05, 0.1) is 0 Å². The standard InChI is InChI=1S/C24H42/c1-2-4-6-8-10-12-14-16-18-20-22-24-23-21-19-17-15-13-11-9-7-5-3-1/h1-4,9,11H,5-8,10,12-24H2. The van der Waals surface area contributed by atoms with E-state index in [1.807, 2.05) is 0 Å².